The van der Waals surface area contributed by atoms with E-state index in [2.05, 4.69) is 56.6 Å². The fourth-order valence-electron chi connectivity index (χ4n) is 4.35. The first-order valence-electron chi connectivity index (χ1n) is 11.2. The SMILES string of the molecule is CCN1CCC(CCNC(=NC)NCc2ccc(CN3CCCC3)cc2)CC1.I. The van der Waals surface area contributed by atoms with Crippen LogP contribution in [0.15, 0.2) is 29.3 Å². The van der Waals surface area contributed by atoms with Crippen LogP contribution in [-0.2, 0) is 13.1 Å². The van der Waals surface area contributed by atoms with Crippen LogP contribution in [0, 0.1) is 5.92 Å². The maximum Gasteiger partial charge on any atom is 0.191 e. The Morgan fingerprint density at radius 1 is 0.966 bits per heavy atom. The van der Waals surface area contributed by atoms with Crippen LogP contribution in [0.1, 0.15) is 50.2 Å². The van der Waals surface area contributed by atoms with Gasteiger partial charge in [-0.25, -0.2) is 0 Å². The second-order valence-electron chi connectivity index (χ2n) is 8.32. The molecule has 0 aliphatic carbocycles. The molecule has 2 heterocycles. The van der Waals surface area contributed by atoms with Crippen molar-refractivity contribution in [2.24, 2.45) is 10.9 Å². The summed E-state index contributed by atoms with van der Waals surface area (Å²) >= 11 is 0. The predicted octanol–water partition coefficient (Wildman–Crippen LogP) is 3.69. The summed E-state index contributed by atoms with van der Waals surface area (Å²) in [6.07, 6.45) is 6.62. The van der Waals surface area contributed by atoms with Crippen molar-refractivity contribution < 1.29 is 0 Å². The van der Waals surface area contributed by atoms with E-state index in [1.54, 1.807) is 0 Å². The van der Waals surface area contributed by atoms with Crippen LogP contribution in [-0.4, -0.2) is 62.1 Å². The minimum atomic E-state index is 0. The second-order valence-corrected chi connectivity index (χ2v) is 8.32. The van der Waals surface area contributed by atoms with Gasteiger partial charge in [0.05, 0.1) is 0 Å². The van der Waals surface area contributed by atoms with Gasteiger partial charge < -0.3 is 15.5 Å². The molecule has 1 aromatic rings. The van der Waals surface area contributed by atoms with Crippen molar-refractivity contribution in [3.05, 3.63) is 35.4 Å². The third-order valence-electron chi connectivity index (χ3n) is 6.31. The first-order chi connectivity index (χ1) is 13.8. The van der Waals surface area contributed by atoms with Crippen molar-refractivity contribution in [1.29, 1.82) is 0 Å². The Labute approximate surface area is 194 Å². The number of benzene rings is 1. The number of rotatable bonds is 8. The van der Waals surface area contributed by atoms with Gasteiger partial charge in [0, 0.05) is 26.7 Å². The zero-order valence-electron chi connectivity index (χ0n) is 18.3. The van der Waals surface area contributed by atoms with Gasteiger partial charge in [-0.3, -0.25) is 9.89 Å². The van der Waals surface area contributed by atoms with Gasteiger partial charge >= 0.3 is 0 Å². The monoisotopic (exact) mass is 513 g/mol. The summed E-state index contributed by atoms with van der Waals surface area (Å²) in [4.78, 5) is 9.48. The zero-order chi connectivity index (χ0) is 19.6. The summed E-state index contributed by atoms with van der Waals surface area (Å²) in [5.74, 6) is 1.77. The normalized spacial score (nSPS) is 19.2. The molecule has 2 N–H and O–H groups in total. The topological polar surface area (TPSA) is 42.9 Å². The van der Waals surface area contributed by atoms with E-state index in [-0.39, 0.29) is 24.0 Å². The number of halogens is 1. The molecule has 0 saturated carbocycles. The maximum atomic E-state index is 4.38. The van der Waals surface area contributed by atoms with E-state index in [4.69, 9.17) is 0 Å². The molecule has 0 radical (unpaired) electrons. The highest BCUT2D eigenvalue weighted by molar-refractivity contribution is 14.0. The summed E-state index contributed by atoms with van der Waals surface area (Å²) < 4.78 is 0. The smallest absolute Gasteiger partial charge is 0.191 e. The molecule has 0 aromatic heterocycles. The molecule has 2 saturated heterocycles. The van der Waals surface area contributed by atoms with Gasteiger partial charge in [-0.2, -0.15) is 0 Å². The standard InChI is InChI=1S/C23H39N5.HI/c1-3-27-16-11-20(12-17-27)10-13-25-23(24-2)26-18-21-6-8-22(9-7-21)19-28-14-4-5-15-28;/h6-9,20H,3-5,10-19H2,1-2H3,(H2,24,25,26);1H. The highest BCUT2D eigenvalue weighted by Crippen LogP contribution is 2.19. The number of aliphatic imine (C=N–C) groups is 1. The van der Waals surface area contributed by atoms with Crippen molar-refractivity contribution in [3.8, 4) is 0 Å². The van der Waals surface area contributed by atoms with Crippen LogP contribution in [0.2, 0.25) is 0 Å². The number of guanidine groups is 1. The van der Waals surface area contributed by atoms with E-state index in [9.17, 15) is 0 Å². The summed E-state index contributed by atoms with van der Waals surface area (Å²) in [5, 5.41) is 6.94. The van der Waals surface area contributed by atoms with Gasteiger partial charge in [0.15, 0.2) is 5.96 Å². The van der Waals surface area contributed by atoms with Gasteiger partial charge in [-0.05, 0) is 81.9 Å². The fourth-order valence-corrected chi connectivity index (χ4v) is 4.35. The Kier molecular flexibility index (Phi) is 11.3. The molecule has 2 fully saturated rings. The average Bonchev–Trinajstić information content (AvgIpc) is 3.25. The van der Waals surface area contributed by atoms with E-state index in [1.807, 2.05) is 7.05 Å². The van der Waals surface area contributed by atoms with Crippen LogP contribution in [0.25, 0.3) is 0 Å². The Morgan fingerprint density at radius 3 is 2.24 bits per heavy atom. The van der Waals surface area contributed by atoms with Gasteiger partial charge in [-0.1, -0.05) is 31.2 Å². The molecule has 6 heteroatoms. The van der Waals surface area contributed by atoms with Crippen molar-refractivity contribution in [1.82, 2.24) is 20.4 Å². The zero-order valence-corrected chi connectivity index (χ0v) is 20.7. The van der Waals surface area contributed by atoms with Gasteiger partial charge in [-0.15, -0.1) is 24.0 Å². The quantitative estimate of drug-likeness (QED) is 0.316. The summed E-state index contributed by atoms with van der Waals surface area (Å²) in [6, 6.07) is 9.03. The third-order valence-corrected chi connectivity index (χ3v) is 6.31. The minimum Gasteiger partial charge on any atom is -0.356 e. The fraction of sp³-hybridized carbons (Fsp3) is 0.696. The molecule has 3 rings (SSSR count). The average molecular weight is 514 g/mol. The summed E-state index contributed by atoms with van der Waals surface area (Å²) in [6.45, 7) is 11.4. The highest BCUT2D eigenvalue weighted by Gasteiger charge is 2.17. The summed E-state index contributed by atoms with van der Waals surface area (Å²) in [7, 11) is 1.86. The van der Waals surface area contributed by atoms with E-state index in [0.717, 1.165) is 31.5 Å². The van der Waals surface area contributed by atoms with Crippen LogP contribution < -0.4 is 10.6 Å². The maximum absolute atomic E-state index is 4.38. The molecule has 1 aromatic carbocycles. The van der Waals surface area contributed by atoms with Crippen LogP contribution in [0.5, 0.6) is 0 Å². The molecule has 0 unspecified atom stereocenters. The molecule has 0 atom stereocenters. The molecule has 29 heavy (non-hydrogen) atoms. The van der Waals surface area contributed by atoms with E-state index >= 15 is 0 Å². The lowest BCUT2D eigenvalue weighted by molar-refractivity contribution is 0.187. The highest BCUT2D eigenvalue weighted by atomic mass is 127. The van der Waals surface area contributed by atoms with E-state index in [0.29, 0.717) is 0 Å². The van der Waals surface area contributed by atoms with Crippen molar-refractivity contribution in [3.63, 3.8) is 0 Å². The minimum absolute atomic E-state index is 0. The molecule has 164 valence electrons. The lowest BCUT2D eigenvalue weighted by atomic mass is 9.93. The molecule has 5 nitrogen and oxygen atoms in total. The second kappa shape index (κ2) is 13.4. The Bertz CT molecular complexity index is 590. The summed E-state index contributed by atoms with van der Waals surface area (Å²) in [5.41, 5.74) is 2.72. The largest absolute Gasteiger partial charge is 0.356 e. The molecule has 0 amide bonds. The van der Waals surface area contributed by atoms with Crippen molar-refractivity contribution in [2.75, 3.05) is 46.3 Å². The van der Waals surface area contributed by atoms with Crippen molar-refractivity contribution in [2.45, 2.75) is 52.1 Å². The number of hydrogen-bond acceptors (Lipinski definition) is 3. The predicted molar refractivity (Wildman–Crippen MR) is 134 cm³/mol. The van der Waals surface area contributed by atoms with Crippen LogP contribution in [0.3, 0.4) is 0 Å². The van der Waals surface area contributed by atoms with Crippen LogP contribution >= 0.6 is 24.0 Å². The lowest BCUT2D eigenvalue weighted by Gasteiger charge is -2.31. The molecular weight excluding hydrogens is 473 g/mol. The van der Waals surface area contributed by atoms with Gasteiger partial charge in [0.1, 0.15) is 0 Å². The Hall–Kier alpha value is -0.860. The molecular formula is C23H40IN5. The molecule has 2 aliphatic heterocycles. The van der Waals surface area contributed by atoms with E-state index in [1.165, 1.54) is 76.0 Å². The Morgan fingerprint density at radius 2 is 1.62 bits per heavy atom. The van der Waals surface area contributed by atoms with Gasteiger partial charge in [0.2, 0.25) is 0 Å². The third kappa shape index (κ3) is 8.42. The van der Waals surface area contributed by atoms with Gasteiger partial charge in [0.25, 0.3) is 0 Å². The number of nitrogens with zero attached hydrogens (tertiary/aromatic N) is 3. The van der Waals surface area contributed by atoms with E-state index < -0.39 is 0 Å². The molecule has 0 bridgehead atoms. The number of piperidine rings is 1. The molecule has 2 aliphatic rings. The lowest BCUT2D eigenvalue weighted by Crippen LogP contribution is -2.39. The number of nitrogens with one attached hydrogen (secondary N) is 2. The number of hydrogen-bond donors (Lipinski definition) is 2. The molecule has 0 spiro atoms. The first kappa shape index (κ1) is 24.4. The first-order valence-corrected chi connectivity index (χ1v) is 11.2. The van der Waals surface area contributed by atoms with Crippen LogP contribution in [0.4, 0.5) is 0 Å². The van der Waals surface area contributed by atoms with Crippen molar-refractivity contribution >= 4 is 29.9 Å². The number of likely N-dealkylation sites (tertiary alicyclic amines) is 2. The Balaban J connectivity index is 0.00000300.